The number of esters is 1. The Morgan fingerprint density at radius 2 is 1.74 bits per heavy atom. The molecule has 1 aliphatic heterocycles. The van der Waals surface area contributed by atoms with Crippen molar-refractivity contribution in [2.45, 2.75) is 57.3 Å². The highest BCUT2D eigenvalue weighted by molar-refractivity contribution is 6.00. The molecule has 4 heteroatoms. The normalized spacial score (nSPS) is 37.1. The largest absolute Gasteiger partial charge is 0.469 e. The van der Waals surface area contributed by atoms with Gasteiger partial charge in [-0.1, -0.05) is 12.1 Å². The molecule has 5 aliphatic rings. The lowest BCUT2D eigenvalue weighted by atomic mass is 9.48. The van der Waals surface area contributed by atoms with Crippen molar-refractivity contribution in [3.8, 4) is 0 Å². The van der Waals surface area contributed by atoms with Crippen molar-refractivity contribution in [3.63, 3.8) is 0 Å². The number of nitrogens with zero attached hydrogens (tertiary/aromatic N) is 1. The van der Waals surface area contributed by atoms with Crippen LogP contribution in [-0.4, -0.2) is 25.5 Å². The lowest BCUT2D eigenvalue weighted by molar-refractivity contribution is -0.145. The summed E-state index contributed by atoms with van der Waals surface area (Å²) in [4.78, 5) is 26.1. The first-order valence-corrected chi connectivity index (χ1v) is 10.5. The van der Waals surface area contributed by atoms with Crippen molar-refractivity contribution >= 4 is 17.6 Å². The smallest absolute Gasteiger partial charge is 0.311 e. The maximum absolute atomic E-state index is 12.5. The first-order chi connectivity index (χ1) is 13.0. The maximum atomic E-state index is 12.5. The molecule has 0 N–H and O–H groups in total. The molecule has 1 amide bonds. The van der Waals surface area contributed by atoms with Gasteiger partial charge in [-0.15, -0.1) is 0 Å². The number of aryl methyl sites for hydroxylation is 1. The van der Waals surface area contributed by atoms with Gasteiger partial charge >= 0.3 is 5.97 Å². The Hall–Kier alpha value is -1.84. The number of hydrogen-bond acceptors (Lipinski definition) is 3. The Balaban J connectivity index is 1.42. The second-order valence-electron chi connectivity index (χ2n) is 9.63. The summed E-state index contributed by atoms with van der Waals surface area (Å²) < 4.78 is 4.84. The number of hydrogen-bond donors (Lipinski definition) is 0. The fraction of sp³-hybridized carbons (Fsp3) is 0.652. The van der Waals surface area contributed by atoms with E-state index in [2.05, 4.69) is 25.1 Å². The Morgan fingerprint density at radius 1 is 1.11 bits per heavy atom. The maximum Gasteiger partial charge on any atom is 0.311 e. The number of benzene rings is 1. The van der Waals surface area contributed by atoms with Crippen LogP contribution in [0, 0.1) is 30.6 Å². The lowest BCUT2D eigenvalue weighted by Gasteiger charge is -2.57. The van der Waals surface area contributed by atoms with Crippen LogP contribution in [0.3, 0.4) is 0 Å². The highest BCUT2D eigenvalue weighted by atomic mass is 16.5. The molecule has 0 aromatic heterocycles. The predicted molar refractivity (Wildman–Crippen MR) is 104 cm³/mol. The van der Waals surface area contributed by atoms with Crippen LogP contribution in [0.25, 0.3) is 0 Å². The van der Waals surface area contributed by atoms with Gasteiger partial charge in [0.1, 0.15) is 0 Å². The van der Waals surface area contributed by atoms with Gasteiger partial charge in [0.2, 0.25) is 5.91 Å². The average Bonchev–Trinajstić information content (AvgIpc) is 3.01. The molecule has 1 heterocycles. The van der Waals surface area contributed by atoms with Crippen molar-refractivity contribution in [1.82, 2.24) is 0 Å². The fourth-order valence-electron chi connectivity index (χ4n) is 7.02. The van der Waals surface area contributed by atoms with Crippen molar-refractivity contribution in [2.24, 2.45) is 23.7 Å². The van der Waals surface area contributed by atoms with Gasteiger partial charge in [-0.3, -0.25) is 9.59 Å². The summed E-state index contributed by atoms with van der Waals surface area (Å²) in [6.45, 7) is 2.54. The van der Waals surface area contributed by atoms with E-state index < -0.39 is 0 Å². The van der Waals surface area contributed by atoms with Crippen LogP contribution < -0.4 is 4.90 Å². The Labute approximate surface area is 161 Å². The van der Waals surface area contributed by atoms with Crippen molar-refractivity contribution in [2.75, 3.05) is 18.6 Å². The van der Waals surface area contributed by atoms with Gasteiger partial charge in [-0.25, -0.2) is 0 Å². The first-order valence-electron chi connectivity index (χ1n) is 10.5. The van der Waals surface area contributed by atoms with Crippen molar-refractivity contribution < 1.29 is 14.3 Å². The monoisotopic (exact) mass is 367 g/mol. The Bertz CT molecular complexity index is 764. The second kappa shape index (κ2) is 6.08. The molecule has 144 valence electrons. The predicted octanol–water partition coefficient (Wildman–Crippen LogP) is 3.99. The molecule has 1 aromatic rings. The van der Waals surface area contributed by atoms with E-state index in [1.165, 1.54) is 51.2 Å². The summed E-state index contributed by atoms with van der Waals surface area (Å²) in [6, 6.07) is 6.73. The SMILES string of the molecule is COC(=O)C1CC(=O)N(c2ccc(C34CC5CC(CC(C5)C3)C4)cc2C)C1. The van der Waals surface area contributed by atoms with Gasteiger partial charge in [0, 0.05) is 18.7 Å². The molecule has 4 bridgehead atoms. The van der Waals surface area contributed by atoms with E-state index in [9.17, 15) is 9.59 Å². The molecular weight excluding hydrogens is 338 g/mol. The minimum atomic E-state index is -0.343. The van der Waals surface area contributed by atoms with Gasteiger partial charge < -0.3 is 9.64 Å². The van der Waals surface area contributed by atoms with Crippen molar-refractivity contribution in [1.29, 1.82) is 0 Å². The van der Waals surface area contributed by atoms with Gasteiger partial charge in [0.15, 0.2) is 0 Å². The van der Waals surface area contributed by atoms with E-state index in [1.807, 2.05) is 0 Å². The van der Waals surface area contributed by atoms with Crippen LogP contribution in [0.5, 0.6) is 0 Å². The minimum Gasteiger partial charge on any atom is -0.469 e. The third-order valence-electron chi connectivity index (χ3n) is 7.80. The number of carbonyl (C=O) groups is 2. The third kappa shape index (κ3) is 2.71. The number of rotatable bonds is 3. The molecule has 27 heavy (non-hydrogen) atoms. The van der Waals surface area contributed by atoms with E-state index in [0.29, 0.717) is 12.0 Å². The first kappa shape index (κ1) is 17.3. The zero-order valence-corrected chi connectivity index (χ0v) is 16.4. The summed E-state index contributed by atoms with van der Waals surface area (Å²) in [5.41, 5.74) is 3.97. The van der Waals surface area contributed by atoms with Gasteiger partial charge in [0.25, 0.3) is 0 Å². The second-order valence-corrected chi connectivity index (χ2v) is 9.63. The summed E-state index contributed by atoms with van der Waals surface area (Å²) in [5, 5.41) is 0. The van der Waals surface area contributed by atoms with E-state index >= 15 is 0 Å². The fourth-order valence-corrected chi connectivity index (χ4v) is 7.02. The molecule has 4 saturated carbocycles. The van der Waals surface area contributed by atoms with Crippen LogP contribution in [0.1, 0.15) is 56.1 Å². The highest BCUT2D eigenvalue weighted by Crippen LogP contribution is 2.60. The quantitative estimate of drug-likeness (QED) is 0.759. The standard InChI is InChI=1S/C23H29NO3/c1-14-5-19(23-10-15-6-16(11-23)8-17(7-15)12-23)3-4-20(14)24-13-18(9-21(24)25)22(26)27-2/h3-5,15-18H,6-13H2,1-2H3. The third-order valence-corrected chi connectivity index (χ3v) is 7.80. The topological polar surface area (TPSA) is 46.6 Å². The molecule has 1 saturated heterocycles. The Kier molecular flexibility index (Phi) is 3.89. The van der Waals surface area contributed by atoms with E-state index in [4.69, 9.17) is 4.74 Å². The van der Waals surface area contributed by atoms with Gasteiger partial charge in [0.05, 0.1) is 13.0 Å². The summed E-state index contributed by atoms with van der Waals surface area (Å²) >= 11 is 0. The number of ether oxygens (including phenoxy) is 1. The van der Waals surface area contributed by atoms with Gasteiger partial charge in [-0.05, 0) is 85.8 Å². The van der Waals surface area contributed by atoms with Crippen LogP contribution in [0.15, 0.2) is 18.2 Å². The molecule has 5 fully saturated rings. The van der Waals surface area contributed by atoms with Crippen LogP contribution >= 0.6 is 0 Å². The summed E-state index contributed by atoms with van der Waals surface area (Å²) in [5.74, 6) is 2.18. The molecule has 0 radical (unpaired) electrons. The highest BCUT2D eigenvalue weighted by Gasteiger charge is 2.51. The number of amides is 1. The summed E-state index contributed by atoms with van der Waals surface area (Å²) in [7, 11) is 1.39. The zero-order valence-electron chi connectivity index (χ0n) is 16.4. The number of anilines is 1. The molecule has 1 atom stereocenters. The van der Waals surface area contributed by atoms with E-state index in [1.54, 1.807) is 4.90 Å². The summed E-state index contributed by atoms with van der Waals surface area (Å²) in [6.07, 6.45) is 8.66. The minimum absolute atomic E-state index is 0.0241. The molecule has 4 nitrogen and oxygen atoms in total. The molecule has 1 aromatic carbocycles. The average molecular weight is 367 g/mol. The molecule has 4 aliphatic carbocycles. The lowest BCUT2D eigenvalue weighted by Crippen LogP contribution is -2.48. The van der Waals surface area contributed by atoms with Crippen LogP contribution in [0.4, 0.5) is 5.69 Å². The van der Waals surface area contributed by atoms with Crippen LogP contribution in [-0.2, 0) is 19.7 Å². The zero-order chi connectivity index (χ0) is 18.8. The van der Waals surface area contributed by atoms with Crippen LogP contribution in [0.2, 0.25) is 0 Å². The van der Waals surface area contributed by atoms with E-state index in [-0.39, 0.29) is 24.2 Å². The number of carbonyl (C=O) groups excluding carboxylic acids is 2. The molecule has 6 rings (SSSR count). The Morgan fingerprint density at radius 3 is 2.30 bits per heavy atom. The number of methoxy groups -OCH3 is 1. The molecule has 1 unspecified atom stereocenters. The van der Waals surface area contributed by atoms with Crippen molar-refractivity contribution in [3.05, 3.63) is 29.3 Å². The van der Waals surface area contributed by atoms with Gasteiger partial charge in [-0.2, -0.15) is 0 Å². The molecule has 0 spiro atoms. The van der Waals surface area contributed by atoms with E-state index in [0.717, 1.165) is 29.0 Å². The molecular formula is C23H29NO3.